The van der Waals surface area contributed by atoms with Crippen LogP contribution >= 0.6 is 12.4 Å². The molecule has 2 heterocycles. The van der Waals surface area contributed by atoms with E-state index in [0.717, 1.165) is 0 Å². The minimum atomic E-state index is -4.23. The number of ether oxygens (including phenoxy) is 1. The molecule has 0 radical (unpaired) electrons. The van der Waals surface area contributed by atoms with Crippen molar-refractivity contribution in [3.05, 3.63) is 0 Å². The summed E-state index contributed by atoms with van der Waals surface area (Å²) in [4.78, 5) is 13.4. The fraction of sp³-hybridized carbons (Fsp3) is 0.917. The summed E-state index contributed by atoms with van der Waals surface area (Å²) in [6.07, 6.45) is -3.24. The Bertz CT molecular complexity index is 341. The maximum absolute atomic E-state index is 12.7. The van der Waals surface area contributed by atoms with Crippen molar-refractivity contribution in [2.24, 2.45) is 11.7 Å². The number of carbonyl (C=O) groups excluding carboxylic acids is 1. The summed E-state index contributed by atoms with van der Waals surface area (Å²) in [6, 6.07) is 0. The topological polar surface area (TPSA) is 55.6 Å². The molecule has 2 saturated heterocycles. The van der Waals surface area contributed by atoms with E-state index in [2.05, 4.69) is 0 Å². The van der Waals surface area contributed by atoms with E-state index in [0.29, 0.717) is 32.4 Å². The minimum absolute atomic E-state index is 0. The molecule has 2 fully saturated rings. The van der Waals surface area contributed by atoms with Crippen LogP contribution in [0.15, 0.2) is 0 Å². The lowest BCUT2D eigenvalue weighted by Gasteiger charge is -2.35. The zero-order chi connectivity index (χ0) is 14.0. The van der Waals surface area contributed by atoms with E-state index in [1.165, 1.54) is 4.90 Å². The van der Waals surface area contributed by atoms with E-state index in [1.54, 1.807) is 0 Å². The molecule has 20 heavy (non-hydrogen) atoms. The quantitative estimate of drug-likeness (QED) is 0.844. The van der Waals surface area contributed by atoms with Crippen LogP contribution in [0, 0.1) is 5.92 Å². The van der Waals surface area contributed by atoms with Gasteiger partial charge in [-0.1, -0.05) is 0 Å². The second-order valence-electron chi connectivity index (χ2n) is 5.22. The number of alkyl halides is 3. The molecule has 0 aromatic carbocycles. The number of nitrogens with zero attached hydrogens (tertiary/aromatic N) is 1. The summed E-state index contributed by atoms with van der Waals surface area (Å²) in [7, 11) is 0. The summed E-state index contributed by atoms with van der Waals surface area (Å²) in [6.45, 7) is 0.489. The van der Waals surface area contributed by atoms with E-state index in [-0.39, 0.29) is 37.4 Å². The Balaban J connectivity index is 0.00000200. The summed E-state index contributed by atoms with van der Waals surface area (Å²) in [5.41, 5.74) is 5.46. The van der Waals surface area contributed by atoms with Gasteiger partial charge in [0.25, 0.3) is 5.91 Å². The Morgan fingerprint density at radius 2 is 2.00 bits per heavy atom. The molecule has 3 atom stereocenters. The summed E-state index contributed by atoms with van der Waals surface area (Å²) in [5.74, 6) is -1.72. The fourth-order valence-corrected chi connectivity index (χ4v) is 2.71. The van der Waals surface area contributed by atoms with Crippen LogP contribution in [0.3, 0.4) is 0 Å². The van der Waals surface area contributed by atoms with Crippen LogP contribution in [-0.2, 0) is 9.53 Å². The molecule has 2 rings (SSSR count). The van der Waals surface area contributed by atoms with Gasteiger partial charge in [-0.2, -0.15) is 13.2 Å². The molecule has 1 unspecified atom stereocenters. The van der Waals surface area contributed by atoms with E-state index in [4.69, 9.17) is 10.5 Å². The third kappa shape index (κ3) is 3.99. The average molecular weight is 317 g/mol. The van der Waals surface area contributed by atoms with E-state index < -0.39 is 18.2 Å². The average Bonchev–Trinajstić information content (AvgIpc) is 2.86. The number of likely N-dealkylation sites (tertiary alicyclic amines) is 1. The van der Waals surface area contributed by atoms with E-state index >= 15 is 0 Å². The molecular weight excluding hydrogens is 297 g/mol. The van der Waals surface area contributed by atoms with E-state index in [9.17, 15) is 18.0 Å². The first-order valence-electron chi connectivity index (χ1n) is 6.63. The van der Waals surface area contributed by atoms with E-state index in [1.807, 2.05) is 0 Å². The lowest BCUT2D eigenvalue weighted by Crippen LogP contribution is -2.48. The van der Waals surface area contributed by atoms with Gasteiger partial charge < -0.3 is 15.4 Å². The molecule has 0 spiro atoms. The molecule has 2 aliphatic heterocycles. The molecule has 0 aromatic rings. The largest absolute Gasteiger partial charge is 0.393 e. The highest BCUT2D eigenvalue weighted by atomic mass is 35.5. The summed E-state index contributed by atoms with van der Waals surface area (Å²) in [5, 5.41) is 0. The molecule has 4 nitrogen and oxygen atoms in total. The molecule has 118 valence electrons. The monoisotopic (exact) mass is 316 g/mol. The van der Waals surface area contributed by atoms with Gasteiger partial charge in [0.1, 0.15) is 6.10 Å². The number of hydrogen-bond acceptors (Lipinski definition) is 3. The standard InChI is InChI=1S/C12H19F3N2O2.ClH/c13-12(14,15)8-2-1-5-17(7-8)11(18)10-4-3-9(6-16)19-10;/h8-10H,1-7,16H2;1H/t8?,9-,10+;/m1./s1. The fourth-order valence-electron chi connectivity index (χ4n) is 2.71. The Labute approximate surface area is 122 Å². The third-order valence-electron chi connectivity index (χ3n) is 3.84. The zero-order valence-electron chi connectivity index (χ0n) is 11.1. The highest BCUT2D eigenvalue weighted by Crippen LogP contribution is 2.34. The van der Waals surface area contributed by atoms with Crippen LogP contribution in [0.25, 0.3) is 0 Å². The van der Waals surface area contributed by atoms with Gasteiger partial charge in [-0.25, -0.2) is 0 Å². The van der Waals surface area contributed by atoms with Crippen LogP contribution in [-0.4, -0.2) is 48.8 Å². The Morgan fingerprint density at radius 1 is 1.30 bits per heavy atom. The number of nitrogens with two attached hydrogens (primary N) is 1. The predicted molar refractivity (Wildman–Crippen MR) is 69.6 cm³/mol. The zero-order valence-corrected chi connectivity index (χ0v) is 11.9. The smallest absolute Gasteiger partial charge is 0.364 e. The molecule has 2 aliphatic rings. The van der Waals surface area contributed by atoms with Gasteiger partial charge in [-0.15, -0.1) is 12.4 Å². The van der Waals surface area contributed by atoms with Crippen molar-refractivity contribution in [1.82, 2.24) is 4.90 Å². The van der Waals surface area contributed by atoms with Gasteiger partial charge in [0.2, 0.25) is 0 Å². The first-order chi connectivity index (χ1) is 8.91. The predicted octanol–water partition coefficient (Wildman–Crippen LogP) is 1.72. The Morgan fingerprint density at radius 3 is 2.55 bits per heavy atom. The SMILES string of the molecule is Cl.NC[C@H]1CC[C@@H](C(=O)N2CCCC(C(F)(F)F)C2)O1. The Kier molecular flexibility index (Phi) is 6.09. The number of halogens is 4. The van der Waals surface area contributed by atoms with Crippen molar-refractivity contribution in [2.45, 2.75) is 44.1 Å². The maximum Gasteiger partial charge on any atom is 0.393 e. The van der Waals surface area contributed by atoms with Crippen molar-refractivity contribution < 1.29 is 22.7 Å². The van der Waals surface area contributed by atoms with Gasteiger partial charge in [-0.3, -0.25) is 4.79 Å². The summed E-state index contributed by atoms with van der Waals surface area (Å²) < 4.78 is 43.5. The first kappa shape index (κ1) is 17.5. The first-order valence-corrected chi connectivity index (χ1v) is 6.63. The number of hydrogen-bond donors (Lipinski definition) is 1. The third-order valence-corrected chi connectivity index (χ3v) is 3.84. The second-order valence-corrected chi connectivity index (χ2v) is 5.22. The Hall–Kier alpha value is -0.530. The molecule has 0 aliphatic carbocycles. The number of piperidine rings is 1. The lowest BCUT2D eigenvalue weighted by molar-refractivity contribution is -0.189. The lowest BCUT2D eigenvalue weighted by atomic mass is 9.97. The molecule has 2 N–H and O–H groups in total. The van der Waals surface area contributed by atoms with Crippen molar-refractivity contribution in [1.29, 1.82) is 0 Å². The van der Waals surface area contributed by atoms with Crippen molar-refractivity contribution in [2.75, 3.05) is 19.6 Å². The van der Waals surface area contributed by atoms with Gasteiger partial charge in [0.05, 0.1) is 12.0 Å². The highest BCUT2D eigenvalue weighted by Gasteiger charge is 2.44. The van der Waals surface area contributed by atoms with Gasteiger partial charge >= 0.3 is 6.18 Å². The molecule has 0 bridgehead atoms. The normalized spacial score (nSPS) is 31.0. The molecule has 1 amide bonds. The minimum Gasteiger partial charge on any atom is -0.364 e. The van der Waals surface area contributed by atoms with Crippen molar-refractivity contribution >= 4 is 18.3 Å². The van der Waals surface area contributed by atoms with Crippen molar-refractivity contribution in [3.63, 3.8) is 0 Å². The number of carbonyl (C=O) groups is 1. The van der Waals surface area contributed by atoms with Gasteiger partial charge in [0, 0.05) is 19.6 Å². The van der Waals surface area contributed by atoms with Gasteiger partial charge in [0.15, 0.2) is 0 Å². The highest BCUT2D eigenvalue weighted by molar-refractivity contribution is 5.85. The van der Waals surface area contributed by atoms with Crippen LogP contribution in [0.1, 0.15) is 25.7 Å². The number of amides is 1. The number of rotatable bonds is 2. The second kappa shape index (κ2) is 6.95. The summed E-state index contributed by atoms with van der Waals surface area (Å²) >= 11 is 0. The van der Waals surface area contributed by atoms with Gasteiger partial charge in [-0.05, 0) is 25.7 Å². The molecule has 8 heteroatoms. The van der Waals surface area contributed by atoms with Crippen LogP contribution < -0.4 is 5.73 Å². The maximum atomic E-state index is 12.7. The molecule has 0 aromatic heterocycles. The van der Waals surface area contributed by atoms with Crippen LogP contribution in [0.5, 0.6) is 0 Å². The van der Waals surface area contributed by atoms with Crippen LogP contribution in [0.4, 0.5) is 13.2 Å². The molecule has 0 saturated carbocycles. The van der Waals surface area contributed by atoms with Crippen molar-refractivity contribution in [3.8, 4) is 0 Å². The molecular formula is C12H20ClF3N2O2. The van der Waals surface area contributed by atoms with Crippen LogP contribution in [0.2, 0.25) is 0 Å².